The van der Waals surface area contributed by atoms with E-state index in [2.05, 4.69) is 15.5 Å². The summed E-state index contributed by atoms with van der Waals surface area (Å²) in [5.74, 6) is 0.287. The molecule has 5 nitrogen and oxygen atoms in total. The maximum atomic E-state index is 12.4. The van der Waals surface area contributed by atoms with Crippen LogP contribution in [0, 0.1) is 13.8 Å². The summed E-state index contributed by atoms with van der Waals surface area (Å²) in [4.78, 5) is 12.4. The zero-order valence-electron chi connectivity index (χ0n) is 14.9. The second-order valence-electron chi connectivity index (χ2n) is 6.04. The van der Waals surface area contributed by atoms with Crippen LogP contribution in [0.25, 0.3) is 10.6 Å². The Hall–Kier alpha value is -2.15. The van der Waals surface area contributed by atoms with E-state index in [1.54, 1.807) is 19.1 Å². The normalized spacial score (nSPS) is 11.9. The molecule has 0 bridgehead atoms. The fraction of sp³-hybridized carbons (Fsp3) is 0.211. The van der Waals surface area contributed by atoms with E-state index < -0.39 is 6.10 Å². The number of aromatic nitrogens is 2. The van der Waals surface area contributed by atoms with Gasteiger partial charge in [-0.2, -0.15) is 0 Å². The van der Waals surface area contributed by atoms with Crippen molar-refractivity contribution in [2.45, 2.75) is 26.9 Å². The number of nitrogens with one attached hydrogen (secondary N) is 1. The van der Waals surface area contributed by atoms with E-state index in [9.17, 15) is 4.79 Å². The summed E-state index contributed by atoms with van der Waals surface area (Å²) >= 11 is 13.3. The lowest BCUT2D eigenvalue weighted by atomic mass is 10.1. The predicted molar refractivity (Wildman–Crippen MR) is 110 cm³/mol. The molecule has 1 heterocycles. The van der Waals surface area contributed by atoms with Gasteiger partial charge in [0.15, 0.2) is 6.10 Å². The molecule has 0 fully saturated rings. The molecule has 0 saturated carbocycles. The van der Waals surface area contributed by atoms with E-state index in [0.29, 0.717) is 25.9 Å². The van der Waals surface area contributed by atoms with Crippen LogP contribution in [0.2, 0.25) is 10.0 Å². The average molecular weight is 422 g/mol. The van der Waals surface area contributed by atoms with Crippen LogP contribution in [0.3, 0.4) is 0 Å². The van der Waals surface area contributed by atoms with Gasteiger partial charge >= 0.3 is 0 Å². The van der Waals surface area contributed by atoms with Gasteiger partial charge in [0.2, 0.25) is 5.13 Å². The number of carbonyl (C=O) groups excluding carboxylic acids is 1. The molecule has 27 heavy (non-hydrogen) atoms. The smallest absolute Gasteiger partial charge is 0.266 e. The van der Waals surface area contributed by atoms with Gasteiger partial charge in [0.1, 0.15) is 10.8 Å². The third-order valence-electron chi connectivity index (χ3n) is 3.84. The van der Waals surface area contributed by atoms with Crippen LogP contribution in [0.15, 0.2) is 36.4 Å². The third kappa shape index (κ3) is 4.77. The highest BCUT2D eigenvalue weighted by Crippen LogP contribution is 2.28. The molecule has 1 atom stereocenters. The first-order chi connectivity index (χ1) is 12.8. The molecular formula is C19H17Cl2N3O2S. The topological polar surface area (TPSA) is 64.1 Å². The van der Waals surface area contributed by atoms with Crippen LogP contribution >= 0.6 is 34.5 Å². The molecule has 3 aromatic rings. The van der Waals surface area contributed by atoms with Crippen molar-refractivity contribution in [2.24, 2.45) is 0 Å². The standard InChI is InChI=1S/C19H17Cl2N3O2S/c1-10-8-15(9-11(2)16(10)21)26-12(3)17(25)22-19-24-23-18(27-19)13-4-6-14(20)7-5-13/h4-9,12H,1-3H3,(H,22,24,25). The summed E-state index contributed by atoms with van der Waals surface area (Å²) < 4.78 is 5.74. The molecule has 0 aliphatic carbocycles. The van der Waals surface area contributed by atoms with Crippen molar-refractivity contribution in [3.63, 3.8) is 0 Å². The molecule has 0 saturated heterocycles. The van der Waals surface area contributed by atoms with Crippen molar-refractivity contribution in [1.82, 2.24) is 10.2 Å². The number of halogens is 2. The number of amides is 1. The molecule has 1 amide bonds. The Morgan fingerprint density at radius 2 is 1.74 bits per heavy atom. The molecular weight excluding hydrogens is 405 g/mol. The van der Waals surface area contributed by atoms with Gasteiger partial charge in [-0.1, -0.05) is 46.7 Å². The minimum absolute atomic E-state index is 0.306. The average Bonchev–Trinajstić information content (AvgIpc) is 3.08. The van der Waals surface area contributed by atoms with Crippen molar-refractivity contribution in [2.75, 3.05) is 5.32 Å². The Balaban J connectivity index is 1.66. The third-order valence-corrected chi connectivity index (χ3v) is 5.57. The highest BCUT2D eigenvalue weighted by molar-refractivity contribution is 7.18. The summed E-state index contributed by atoms with van der Waals surface area (Å²) in [6.45, 7) is 5.47. The van der Waals surface area contributed by atoms with Crippen molar-refractivity contribution >= 4 is 45.6 Å². The van der Waals surface area contributed by atoms with Crippen LogP contribution in [0.1, 0.15) is 18.1 Å². The van der Waals surface area contributed by atoms with E-state index in [1.165, 1.54) is 11.3 Å². The summed E-state index contributed by atoms with van der Waals surface area (Å²) in [5.41, 5.74) is 2.68. The van der Waals surface area contributed by atoms with E-state index in [4.69, 9.17) is 27.9 Å². The van der Waals surface area contributed by atoms with Crippen LogP contribution in [0.5, 0.6) is 5.75 Å². The fourth-order valence-electron chi connectivity index (χ4n) is 2.42. The zero-order valence-corrected chi connectivity index (χ0v) is 17.2. The van der Waals surface area contributed by atoms with Crippen LogP contribution < -0.4 is 10.1 Å². The van der Waals surface area contributed by atoms with E-state index in [1.807, 2.05) is 38.1 Å². The van der Waals surface area contributed by atoms with E-state index >= 15 is 0 Å². The van der Waals surface area contributed by atoms with Gasteiger partial charge in [-0.3, -0.25) is 10.1 Å². The van der Waals surface area contributed by atoms with Gasteiger partial charge in [-0.15, -0.1) is 10.2 Å². The van der Waals surface area contributed by atoms with Gasteiger partial charge in [0.25, 0.3) is 5.91 Å². The number of rotatable bonds is 5. The predicted octanol–water partition coefficient (Wildman–Crippen LogP) is 5.53. The summed E-state index contributed by atoms with van der Waals surface area (Å²) in [6, 6.07) is 10.9. The summed E-state index contributed by atoms with van der Waals surface area (Å²) in [7, 11) is 0. The van der Waals surface area contributed by atoms with Gasteiger partial charge < -0.3 is 4.74 Å². The first-order valence-electron chi connectivity index (χ1n) is 8.17. The van der Waals surface area contributed by atoms with E-state index in [-0.39, 0.29) is 5.91 Å². The molecule has 1 unspecified atom stereocenters. The van der Waals surface area contributed by atoms with Gasteiger partial charge in [0, 0.05) is 15.6 Å². The minimum Gasteiger partial charge on any atom is -0.481 e. The Bertz CT molecular complexity index is 950. The summed E-state index contributed by atoms with van der Waals surface area (Å²) in [6.07, 6.45) is -0.701. The van der Waals surface area contributed by atoms with Crippen molar-refractivity contribution < 1.29 is 9.53 Å². The number of hydrogen-bond donors (Lipinski definition) is 1. The first kappa shape index (κ1) is 19.6. The quantitative estimate of drug-likeness (QED) is 0.587. The number of ether oxygens (including phenoxy) is 1. The lowest BCUT2D eigenvalue weighted by molar-refractivity contribution is -0.122. The molecule has 3 rings (SSSR count). The SMILES string of the molecule is Cc1cc(OC(C)C(=O)Nc2nnc(-c3ccc(Cl)cc3)s2)cc(C)c1Cl. The molecule has 2 aromatic carbocycles. The number of benzene rings is 2. The molecule has 0 spiro atoms. The van der Waals surface area contributed by atoms with Gasteiger partial charge in [-0.05, 0) is 56.2 Å². The number of carbonyl (C=O) groups is 1. The van der Waals surface area contributed by atoms with E-state index in [0.717, 1.165) is 16.7 Å². The fourth-order valence-corrected chi connectivity index (χ4v) is 3.41. The second kappa shape index (κ2) is 8.25. The zero-order chi connectivity index (χ0) is 19.6. The van der Waals surface area contributed by atoms with Crippen molar-refractivity contribution in [3.8, 4) is 16.3 Å². The maximum Gasteiger partial charge on any atom is 0.266 e. The molecule has 140 valence electrons. The lowest BCUT2D eigenvalue weighted by Gasteiger charge is -2.15. The van der Waals surface area contributed by atoms with Crippen molar-refractivity contribution in [1.29, 1.82) is 0 Å². The first-order valence-corrected chi connectivity index (χ1v) is 9.74. The number of aryl methyl sites for hydroxylation is 2. The number of anilines is 1. The molecule has 0 radical (unpaired) electrons. The maximum absolute atomic E-state index is 12.4. The van der Waals surface area contributed by atoms with Crippen molar-refractivity contribution in [3.05, 3.63) is 57.6 Å². The molecule has 0 aliphatic rings. The lowest BCUT2D eigenvalue weighted by Crippen LogP contribution is -2.30. The molecule has 1 N–H and O–H groups in total. The van der Waals surface area contributed by atoms with Crippen LogP contribution in [0.4, 0.5) is 5.13 Å². The van der Waals surface area contributed by atoms with Crippen LogP contribution in [-0.2, 0) is 4.79 Å². The van der Waals surface area contributed by atoms with Crippen LogP contribution in [-0.4, -0.2) is 22.2 Å². The van der Waals surface area contributed by atoms with Gasteiger partial charge in [0.05, 0.1) is 0 Å². The Labute approximate surface area is 171 Å². The Morgan fingerprint density at radius 3 is 2.37 bits per heavy atom. The van der Waals surface area contributed by atoms with Gasteiger partial charge in [-0.25, -0.2) is 0 Å². The molecule has 8 heteroatoms. The second-order valence-corrected chi connectivity index (χ2v) is 7.83. The summed E-state index contributed by atoms with van der Waals surface area (Å²) in [5, 5.41) is 13.3. The minimum atomic E-state index is -0.701. The Kier molecular flexibility index (Phi) is 5.99. The molecule has 0 aliphatic heterocycles. The molecule has 1 aromatic heterocycles. The Morgan fingerprint density at radius 1 is 1.11 bits per heavy atom. The number of nitrogens with zero attached hydrogens (tertiary/aromatic N) is 2. The monoisotopic (exact) mass is 421 g/mol. The largest absolute Gasteiger partial charge is 0.481 e. The highest BCUT2D eigenvalue weighted by atomic mass is 35.5. The number of hydrogen-bond acceptors (Lipinski definition) is 5. The highest BCUT2D eigenvalue weighted by Gasteiger charge is 2.18.